The van der Waals surface area contributed by atoms with Crippen LogP contribution in [0.2, 0.25) is 0 Å². The van der Waals surface area contributed by atoms with Crippen molar-refractivity contribution >= 4 is 0 Å². The van der Waals surface area contributed by atoms with Crippen LogP contribution in [0.15, 0.2) is 18.2 Å². The van der Waals surface area contributed by atoms with Crippen molar-refractivity contribution in [3.8, 4) is 5.75 Å². The van der Waals surface area contributed by atoms with Gasteiger partial charge in [-0.2, -0.15) is 0 Å². The van der Waals surface area contributed by atoms with Crippen molar-refractivity contribution < 1.29 is 9.50 Å². The first-order valence-corrected chi connectivity index (χ1v) is 6.38. The molecular formula is C14H20FNO. The van der Waals surface area contributed by atoms with Crippen molar-refractivity contribution in [1.82, 2.24) is 4.90 Å². The first-order valence-electron chi connectivity index (χ1n) is 6.38. The number of aromatic hydroxyl groups is 1. The van der Waals surface area contributed by atoms with E-state index in [0.29, 0.717) is 0 Å². The minimum atomic E-state index is -0.522. The van der Waals surface area contributed by atoms with Gasteiger partial charge in [-0.05, 0) is 49.5 Å². The standard InChI is InChI=1S/C14H20FNO/c1-2-11-5-7-16(8-6-11)10-12-3-4-14(17)13(15)9-12/h3-4,9,11,17H,2,5-8,10H2,1H3. The molecule has 3 heteroatoms. The molecule has 0 unspecified atom stereocenters. The van der Waals surface area contributed by atoms with Gasteiger partial charge in [0.1, 0.15) is 0 Å². The summed E-state index contributed by atoms with van der Waals surface area (Å²) in [5.74, 6) is 0.0761. The Bertz CT molecular complexity index is 372. The zero-order valence-electron chi connectivity index (χ0n) is 10.3. The zero-order chi connectivity index (χ0) is 12.3. The molecule has 0 bridgehead atoms. The largest absolute Gasteiger partial charge is 0.505 e. The molecule has 0 aliphatic carbocycles. The maximum Gasteiger partial charge on any atom is 0.165 e. The predicted molar refractivity (Wildman–Crippen MR) is 66.4 cm³/mol. The summed E-state index contributed by atoms with van der Waals surface area (Å²) >= 11 is 0. The van der Waals surface area contributed by atoms with Gasteiger partial charge in [0.15, 0.2) is 11.6 Å². The number of likely N-dealkylation sites (tertiary alicyclic amines) is 1. The van der Waals surface area contributed by atoms with E-state index in [1.165, 1.54) is 31.4 Å². The van der Waals surface area contributed by atoms with E-state index in [1.54, 1.807) is 6.07 Å². The highest BCUT2D eigenvalue weighted by Gasteiger charge is 2.17. The molecule has 1 aliphatic heterocycles. The van der Waals surface area contributed by atoms with E-state index in [9.17, 15) is 4.39 Å². The molecular weight excluding hydrogens is 217 g/mol. The van der Waals surface area contributed by atoms with Crippen molar-refractivity contribution in [3.05, 3.63) is 29.6 Å². The molecule has 0 atom stereocenters. The number of hydrogen-bond acceptors (Lipinski definition) is 2. The first-order chi connectivity index (χ1) is 8.19. The highest BCUT2D eigenvalue weighted by molar-refractivity contribution is 5.27. The van der Waals surface area contributed by atoms with E-state index >= 15 is 0 Å². The minimum absolute atomic E-state index is 0.265. The molecule has 1 aliphatic rings. The Balaban J connectivity index is 1.91. The Kier molecular flexibility index (Phi) is 4.00. The zero-order valence-corrected chi connectivity index (χ0v) is 10.3. The van der Waals surface area contributed by atoms with Crippen LogP contribution < -0.4 is 0 Å². The first kappa shape index (κ1) is 12.4. The van der Waals surface area contributed by atoms with Crippen LogP contribution >= 0.6 is 0 Å². The lowest BCUT2D eigenvalue weighted by Gasteiger charge is -2.31. The number of halogens is 1. The van der Waals surface area contributed by atoms with Crippen LogP contribution in [-0.2, 0) is 6.54 Å². The van der Waals surface area contributed by atoms with E-state index in [-0.39, 0.29) is 5.75 Å². The molecule has 0 spiro atoms. The van der Waals surface area contributed by atoms with Crippen LogP contribution in [0.5, 0.6) is 5.75 Å². The van der Waals surface area contributed by atoms with Gasteiger partial charge in [-0.25, -0.2) is 4.39 Å². The quantitative estimate of drug-likeness (QED) is 0.873. The third-order valence-corrected chi connectivity index (χ3v) is 3.70. The Morgan fingerprint density at radius 1 is 1.35 bits per heavy atom. The van der Waals surface area contributed by atoms with Crippen LogP contribution in [0.3, 0.4) is 0 Å². The minimum Gasteiger partial charge on any atom is -0.505 e. The van der Waals surface area contributed by atoms with Gasteiger partial charge in [0.25, 0.3) is 0 Å². The van der Waals surface area contributed by atoms with Gasteiger partial charge in [-0.1, -0.05) is 19.4 Å². The number of benzene rings is 1. The number of phenolic OH excluding ortho intramolecular Hbond substituents is 1. The summed E-state index contributed by atoms with van der Waals surface area (Å²) < 4.78 is 13.2. The summed E-state index contributed by atoms with van der Waals surface area (Å²) in [5.41, 5.74) is 0.940. The second-order valence-electron chi connectivity index (χ2n) is 4.91. The number of piperidine rings is 1. The van der Waals surface area contributed by atoms with Crippen molar-refractivity contribution in [3.63, 3.8) is 0 Å². The van der Waals surface area contributed by atoms with Gasteiger partial charge >= 0.3 is 0 Å². The van der Waals surface area contributed by atoms with Crippen LogP contribution in [0.1, 0.15) is 31.7 Å². The van der Waals surface area contributed by atoms with E-state index < -0.39 is 5.82 Å². The van der Waals surface area contributed by atoms with Gasteiger partial charge in [0, 0.05) is 6.54 Å². The summed E-state index contributed by atoms with van der Waals surface area (Å²) in [6.45, 7) is 5.23. The van der Waals surface area contributed by atoms with Gasteiger partial charge in [0.05, 0.1) is 0 Å². The Morgan fingerprint density at radius 3 is 2.65 bits per heavy atom. The fraction of sp³-hybridized carbons (Fsp3) is 0.571. The van der Waals surface area contributed by atoms with Crippen molar-refractivity contribution in [2.24, 2.45) is 5.92 Å². The van der Waals surface area contributed by atoms with E-state index in [1.807, 2.05) is 0 Å². The lowest BCUT2D eigenvalue weighted by atomic mass is 9.94. The van der Waals surface area contributed by atoms with Crippen molar-refractivity contribution in [1.29, 1.82) is 0 Å². The third-order valence-electron chi connectivity index (χ3n) is 3.70. The fourth-order valence-corrected chi connectivity index (χ4v) is 2.46. The lowest BCUT2D eigenvalue weighted by molar-refractivity contribution is 0.175. The molecule has 1 aromatic rings. The average molecular weight is 237 g/mol. The van der Waals surface area contributed by atoms with Crippen LogP contribution in [0.25, 0.3) is 0 Å². The summed E-state index contributed by atoms with van der Waals surface area (Å²) in [6.07, 6.45) is 3.76. The highest BCUT2D eigenvalue weighted by Crippen LogP contribution is 2.22. The van der Waals surface area contributed by atoms with E-state index in [4.69, 9.17) is 5.11 Å². The van der Waals surface area contributed by atoms with Crippen molar-refractivity contribution in [2.75, 3.05) is 13.1 Å². The number of phenols is 1. The maximum absolute atomic E-state index is 13.2. The van der Waals surface area contributed by atoms with Crippen molar-refractivity contribution in [2.45, 2.75) is 32.7 Å². The Hall–Kier alpha value is -1.09. The second-order valence-corrected chi connectivity index (χ2v) is 4.91. The van der Waals surface area contributed by atoms with Gasteiger partial charge < -0.3 is 5.11 Å². The summed E-state index contributed by atoms with van der Waals surface area (Å²) in [7, 11) is 0. The molecule has 1 heterocycles. The molecule has 0 radical (unpaired) electrons. The van der Waals surface area contributed by atoms with Gasteiger partial charge in [-0.15, -0.1) is 0 Å². The molecule has 1 saturated heterocycles. The van der Waals surface area contributed by atoms with E-state index in [0.717, 1.165) is 31.1 Å². The predicted octanol–water partition coefficient (Wildman–Crippen LogP) is 3.15. The number of nitrogens with zero attached hydrogens (tertiary/aromatic N) is 1. The molecule has 0 aromatic heterocycles. The monoisotopic (exact) mass is 237 g/mol. The SMILES string of the molecule is CCC1CCN(Cc2ccc(O)c(F)c2)CC1. The number of rotatable bonds is 3. The number of hydrogen-bond donors (Lipinski definition) is 1. The van der Waals surface area contributed by atoms with Crippen LogP contribution in [0.4, 0.5) is 4.39 Å². The van der Waals surface area contributed by atoms with Gasteiger partial charge in [-0.3, -0.25) is 4.90 Å². The molecule has 17 heavy (non-hydrogen) atoms. The Morgan fingerprint density at radius 2 is 2.06 bits per heavy atom. The molecule has 1 N–H and O–H groups in total. The maximum atomic E-state index is 13.2. The summed E-state index contributed by atoms with van der Waals surface area (Å²) in [4.78, 5) is 2.36. The lowest BCUT2D eigenvalue weighted by Crippen LogP contribution is -2.33. The van der Waals surface area contributed by atoms with E-state index in [2.05, 4.69) is 11.8 Å². The second kappa shape index (κ2) is 5.50. The van der Waals surface area contributed by atoms with Crippen LogP contribution in [-0.4, -0.2) is 23.1 Å². The molecule has 0 saturated carbocycles. The molecule has 94 valence electrons. The fourth-order valence-electron chi connectivity index (χ4n) is 2.46. The Labute approximate surface area is 102 Å². The molecule has 2 rings (SSSR count). The molecule has 0 amide bonds. The highest BCUT2D eigenvalue weighted by atomic mass is 19.1. The van der Waals surface area contributed by atoms with Crippen LogP contribution in [0, 0.1) is 11.7 Å². The molecule has 2 nitrogen and oxygen atoms in total. The normalized spacial score (nSPS) is 18.5. The summed E-state index contributed by atoms with van der Waals surface area (Å²) in [6, 6.07) is 4.66. The molecule has 1 aromatic carbocycles. The van der Waals surface area contributed by atoms with Gasteiger partial charge in [0.2, 0.25) is 0 Å². The third kappa shape index (κ3) is 3.19. The molecule has 1 fully saturated rings. The average Bonchev–Trinajstić information content (AvgIpc) is 2.35. The smallest absolute Gasteiger partial charge is 0.165 e. The summed E-state index contributed by atoms with van der Waals surface area (Å²) in [5, 5.41) is 9.13. The topological polar surface area (TPSA) is 23.5 Å².